The Hall–Kier alpha value is -2.40. The topological polar surface area (TPSA) is 64.4 Å². The number of carbonyl (C=O) groups is 1. The molecule has 0 aliphatic heterocycles. The van der Waals surface area contributed by atoms with Crippen molar-refractivity contribution in [3.8, 4) is 5.75 Å². The monoisotopic (exact) mass is 330 g/mol. The standard InChI is InChI=1S/C19H23FN2O2/c1-19(2,3)17(21)18(23)22-14-8-10-15(11-9-14)24-12-13-6-4-5-7-16(13)20/h4-11,17H,12,21H2,1-3H3,(H,22,23)/t17-/m1/s1. The van der Waals surface area contributed by atoms with Crippen molar-refractivity contribution in [2.24, 2.45) is 11.1 Å². The fraction of sp³-hybridized carbons (Fsp3) is 0.316. The normalized spacial score (nSPS) is 12.5. The molecule has 0 aliphatic rings. The van der Waals surface area contributed by atoms with Crippen LogP contribution in [0.25, 0.3) is 0 Å². The first-order valence-corrected chi connectivity index (χ1v) is 7.80. The zero-order valence-electron chi connectivity index (χ0n) is 14.2. The molecule has 3 N–H and O–H groups in total. The number of nitrogens with two attached hydrogens (primary N) is 1. The van der Waals surface area contributed by atoms with E-state index in [1.807, 2.05) is 20.8 Å². The highest BCUT2D eigenvalue weighted by atomic mass is 19.1. The van der Waals surface area contributed by atoms with E-state index in [1.165, 1.54) is 6.07 Å². The van der Waals surface area contributed by atoms with Crippen molar-refractivity contribution in [3.63, 3.8) is 0 Å². The summed E-state index contributed by atoms with van der Waals surface area (Å²) in [4.78, 5) is 12.1. The van der Waals surface area contributed by atoms with E-state index in [9.17, 15) is 9.18 Å². The van der Waals surface area contributed by atoms with E-state index < -0.39 is 6.04 Å². The van der Waals surface area contributed by atoms with Crippen LogP contribution in [-0.2, 0) is 11.4 Å². The van der Waals surface area contributed by atoms with Crippen molar-refractivity contribution in [1.29, 1.82) is 0 Å². The summed E-state index contributed by atoms with van der Waals surface area (Å²) in [6, 6.07) is 12.8. The van der Waals surface area contributed by atoms with Crippen LogP contribution in [0.4, 0.5) is 10.1 Å². The molecule has 0 radical (unpaired) electrons. The molecule has 0 saturated heterocycles. The van der Waals surface area contributed by atoms with Crippen molar-refractivity contribution in [2.75, 3.05) is 5.32 Å². The molecule has 0 aromatic heterocycles. The number of amides is 1. The van der Waals surface area contributed by atoms with Gasteiger partial charge >= 0.3 is 0 Å². The van der Waals surface area contributed by atoms with Crippen LogP contribution in [0.5, 0.6) is 5.75 Å². The number of nitrogens with one attached hydrogen (secondary N) is 1. The molecular weight excluding hydrogens is 307 g/mol. The summed E-state index contributed by atoms with van der Waals surface area (Å²) in [6.07, 6.45) is 0. The number of anilines is 1. The molecule has 5 heteroatoms. The van der Waals surface area contributed by atoms with Crippen LogP contribution in [0, 0.1) is 11.2 Å². The molecule has 2 aromatic rings. The van der Waals surface area contributed by atoms with Gasteiger partial charge in [0.2, 0.25) is 5.91 Å². The average molecular weight is 330 g/mol. The molecule has 0 bridgehead atoms. The highest BCUT2D eigenvalue weighted by Crippen LogP contribution is 2.21. The zero-order chi connectivity index (χ0) is 17.7. The second kappa shape index (κ2) is 7.45. The van der Waals surface area contributed by atoms with E-state index in [-0.39, 0.29) is 23.7 Å². The number of hydrogen-bond donors (Lipinski definition) is 2. The van der Waals surface area contributed by atoms with Crippen LogP contribution >= 0.6 is 0 Å². The van der Waals surface area contributed by atoms with Crippen molar-refractivity contribution in [1.82, 2.24) is 0 Å². The minimum Gasteiger partial charge on any atom is -0.489 e. The Kier molecular flexibility index (Phi) is 5.57. The number of carbonyl (C=O) groups excluding carboxylic acids is 1. The molecule has 2 aromatic carbocycles. The van der Waals surface area contributed by atoms with Gasteiger partial charge in [0.05, 0.1) is 6.04 Å². The van der Waals surface area contributed by atoms with Gasteiger partial charge in [-0.3, -0.25) is 4.79 Å². The number of ether oxygens (including phenoxy) is 1. The lowest BCUT2D eigenvalue weighted by atomic mass is 9.87. The third kappa shape index (κ3) is 4.80. The second-order valence-electron chi connectivity index (χ2n) is 6.74. The van der Waals surface area contributed by atoms with E-state index in [0.717, 1.165) is 0 Å². The molecule has 1 amide bonds. The van der Waals surface area contributed by atoms with Gasteiger partial charge in [-0.25, -0.2) is 4.39 Å². The summed E-state index contributed by atoms with van der Waals surface area (Å²) >= 11 is 0. The van der Waals surface area contributed by atoms with Gasteiger partial charge in [-0.15, -0.1) is 0 Å². The molecule has 0 fully saturated rings. The molecule has 24 heavy (non-hydrogen) atoms. The average Bonchev–Trinajstić information content (AvgIpc) is 2.54. The minimum atomic E-state index is -0.602. The Morgan fingerprint density at radius 2 is 1.79 bits per heavy atom. The van der Waals surface area contributed by atoms with E-state index in [0.29, 0.717) is 17.0 Å². The first-order valence-electron chi connectivity index (χ1n) is 7.80. The molecule has 0 saturated carbocycles. The van der Waals surface area contributed by atoms with E-state index in [1.54, 1.807) is 42.5 Å². The Morgan fingerprint density at radius 1 is 1.17 bits per heavy atom. The number of benzene rings is 2. The van der Waals surface area contributed by atoms with Gasteiger partial charge in [-0.1, -0.05) is 39.0 Å². The summed E-state index contributed by atoms with van der Waals surface area (Å²) in [7, 11) is 0. The fourth-order valence-electron chi connectivity index (χ4n) is 2.02. The molecule has 0 unspecified atom stereocenters. The maximum Gasteiger partial charge on any atom is 0.241 e. The quantitative estimate of drug-likeness (QED) is 0.878. The summed E-state index contributed by atoms with van der Waals surface area (Å²) in [5, 5.41) is 2.78. The van der Waals surface area contributed by atoms with Gasteiger partial charge < -0.3 is 15.8 Å². The van der Waals surface area contributed by atoms with Gasteiger partial charge in [0.25, 0.3) is 0 Å². The SMILES string of the molecule is CC(C)(C)[C@H](N)C(=O)Nc1ccc(OCc2ccccc2F)cc1. The first kappa shape index (κ1) is 17.9. The smallest absolute Gasteiger partial charge is 0.241 e. The summed E-state index contributed by atoms with van der Waals surface area (Å²) in [6.45, 7) is 5.89. The third-order valence-corrected chi connectivity index (χ3v) is 3.69. The lowest BCUT2D eigenvalue weighted by Crippen LogP contribution is -2.45. The van der Waals surface area contributed by atoms with Crippen molar-refractivity contribution in [2.45, 2.75) is 33.4 Å². The van der Waals surface area contributed by atoms with Crippen molar-refractivity contribution < 1.29 is 13.9 Å². The molecule has 1 atom stereocenters. The first-order chi connectivity index (χ1) is 11.3. The van der Waals surface area contributed by atoms with Crippen LogP contribution in [0.15, 0.2) is 48.5 Å². The Labute approximate surface area is 141 Å². The third-order valence-electron chi connectivity index (χ3n) is 3.69. The Bertz CT molecular complexity index is 693. The van der Waals surface area contributed by atoms with Gasteiger partial charge in [-0.05, 0) is 35.7 Å². The van der Waals surface area contributed by atoms with Gasteiger partial charge in [0.15, 0.2) is 0 Å². The largest absolute Gasteiger partial charge is 0.489 e. The predicted octanol–water partition coefficient (Wildman–Crippen LogP) is 3.72. The predicted molar refractivity (Wildman–Crippen MR) is 93.2 cm³/mol. The van der Waals surface area contributed by atoms with Gasteiger partial charge in [0, 0.05) is 11.3 Å². The molecule has 4 nitrogen and oxygen atoms in total. The van der Waals surface area contributed by atoms with Crippen LogP contribution < -0.4 is 15.8 Å². The highest BCUT2D eigenvalue weighted by Gasteiger charge is 2.27. The lowest BCUT2D eigenvalue weighted by Gasteiger charge is -2.25. The van der Waals surface area contributed by atoms with E-state index in [2.05, 4.69) is 5.32 Å². The van der Waals surface area contributed by atoms with E-state index >= 15 is 0 Å². The Morgan fingerprint density at radius 3 is 2.38 bits per heavy atom. The maximum atomic E-state index is 13.5. The van der Waals surface area contributed by atoms with Crippen LogP contribution in [0.1, 0.15) is 26.3 Å². The zero-order valence-corrected chi connectivity index (χ0v) is 14.2. The maximum absolute atomic E-state index is 13.5. The lowest BCUT2D eigenvalue weighted by molar-refractivity contribution is -0.119. The van der Waals surface area contributed by atoms with Gasteiger partial charge in [-0.2, -0.15) is 0 Å². The molecular formula is C19H23FN2O2. The highest BCUT2D eigenvalue weighted by molar-refractivity contribution is 5.95. The summed E-state index contributed by atoms with van der Waals surface area (Å²) in [5.74, 6) is 0.0662. The number of halogens is 1. The molecule has 2 rings (SSSR count). The van der Waals surface area contributed by atoms with E-state index in [4.69, 9.17) is 10.5 Å². The van der Waals surface area contributed by atoms with Crippen LogP contribution in [-0.4, -0.2) is 11.9 Å². The molecule has 0 spiro atoms. The summed E-state index contributed by atoms with van der Waals surface area (Å²) < 4.78 is 19.1. The summed E-state index contributed by atoms with van der Waals surface area (Å²) in [5.41, 5.74) is 6.74. The molecule has 128 valence electrons. The molecule has 0 heterocycles. The Balaban J connectivity index is 1.93. The minimum absolute atomic E-state index is 0.146. The fourth-order valence-corrected chi connectivity index (χ4v) is 2.02. The number of rotatable bonds is 5. The van der Waals surface area contributed by atoms with Crippen molar-refractivity contribution in [3.05, 3.63) is 59.9 Å². The van der Waals surface area contributed by atoms with Crippen LogP contribution in [0.2, 0.25) is 0 Å². The van der Waals surface area contributed by atoms with Crippen molar-refractivity contribution >= 4 is 11.6 Å². The molecule has 0 aliphatic carbocycles. The van der Waals surface area contributed by atoms with Gasteiger partial charge in [0.1, 0.15) is 18.2 Å². The van der Waals surface area contributed by atoms with Crippen LogP contribution in [0.3, 0.4) is 0 Å². The second-order valence-corrected chi connectivity index (χ2v) is 6.74. The number of hydrogen-bond acceptors (Lipinski definition) is 3.